The molecule has 44 heavy (non-hydrogen) atoms. The van der Waals surface area contributed by atoms with Crippen molar-refractivity contribution >= 4 is 0 Å². The van der Waals surface area contributed by atoms with Crippen LogP contribution >= 0.6 is 0 Å². The Labute approximate surface area is 247 Å². The number of aliphatic hydroxyl groups is 1. The van der Waals surface area contributed by atoms with Crippen molar-refractivity contribution in [2.24, 2.45) is 0 Å². The molecule has 2 aromatic heterocycles. The number of hydrogen-bond donors (Lipinski definition) is 1. The zero-order valence-electron chi connectivity index (χ0n) is 22.4. The lowest BCUT2D eigenvalue weighted by molar-refractivity contribution is -0.137. The topological polar surface area (TPSA) is 110 Å². The number of ether oxygens (including phenoxy) is 1. The number of pyridine rings is 1. The highest BCUT2D eigenvalue weighted by molar-refractivity contribution is 5.43. The fourth-order valence-electron chi connectivity index (χ4n) is 4.20. The first-order valence-electron chi connectivity index (χ1n) is 12.8. The number of nitrogens with zero attached hydrogens (tertiary/aromatic N) is 6. The van der Waals surface area contributed by atoms with Crippen molar-refractivity contribution in [1.29, 1.82) is 5.26 Å². The third-order valence-electron chi connectivity index (χ3n) is 6.52. The second-order valence-corrected chi connectivity index (χ2v) is 9.40. The zero-order chi connectivity index (χ0) is 31.3. The summed E-state index contributed by atoms with van der Waals surface area (Å²) in [4.78, 5) is 3.96. The summed E-state index contributed by atoms with van der Waals surface area (Å²) in [7, 11) is 0. The highest BCUT2D eigenvalue weighted by Crippen LogP contribution is 2.46. The first kappa shape index (κ1) is 29.8. The normalized spacial score (nSPS) is 13.6. The molecule has 0 bridgehead atoms. The van der Waals surface area contributed by atoms with Crippen LogP contribution in [0.1, 0.15) is 46.0 Å². The van der Waals surface area contributed by atoms with Gasteiger partial charge in [0.05, 0.1) is 11.3 Å². The Bertz CT molecular complexity index is 1870. The molecule has 0 saturated heterocycles. The van der Waals surface area contributed by atoms with E-state index in [1.54, 1.807) is 30.3 Å². The van der Waals surface area contributed by atoms with Crippen LogP contribution in [-0.4, -0.2) is 30.3 Å². The molecule has 0 aliphatic heterocycles. The molecule has 0 aliphatic rings. The minimum atomic E-state index is -3.23. The van der Waals surface area contributed by atoms with Crippen LogP contribution in [0.5, 0.6) is 5.75 Å². The maximum atomic E-state index is 15.9. The summed E-state index contributed by atoms with van der Waals surface area (Å²) in [5.74, 6) is 3.09. The van der Waals surface area contributed by atoms with E-state index >= 15 is 8.78 Å². The highest BCUT2D eigenvalue weighted by Gasteiger charge is 2.51. The molecule has 3 atom stereocenters. The van der Waals surface area contributed by atoms with Crippen LogP contribution in [0.2, 0.25) is 0 Å². The number of alkyl halides is 2. The molecule has 0 aliphatic carbocycles. The van der Waals surface area contributed by atoms with Crippen molar-refractivity contribution in [3.63, 3.8) is 0 Å². The van der Waals surface area contributed by atoms with E-state index in [9.17, 15) is 18.3 Å². The molecule has 0 radical (unpaired) electrons. The first-order chi connectivity index (χ1) is 21.2. The Morgan fingerprint density at radius 3 is 2.32 bits per heavy atom. The minimum Gasteiger partial charge on any atom is -0.489 e. The molecule has 3 aromatic carbocycles. The van der Waals surface area contributed by atoms with Gasteiger partial charge in [0.1, 0.15) is 42.2 Å². The molecule has 0 spiro atoms. The van der Waals surface area contributed by atoms with Gasteiger partial charge in [0, 0.05) is 35.0 Å². The van der Waals surface area contributed by atoms with Gasteiger partial charge >= 0.3 is 0 Å². The van der Waals surface area contributed by atoms with Crippen LogP contribution in [0, 0.1) is 40.6 Å². The van der Waals surface area contributed by atoms with Crippen molar-refractivity contribution in [2.45, 2.75) is 24.7 Å². The van der Waals surface area contributed by atoms with Crippen molar-refractivity contribution < 1.29 is 31.8 Å². The van der Waals surface area contributed by atoms with Gasteiger partial charge in [-0.15, -0.1) is 5.10 Å². The summed E-state index contributed by atoms with van der Waals surface area (Å²) >= 11 is 0. The Morgan fingerprint density at radius 1 is 0.909 bits per heavy atom. The lowest BCUT2D eigenvalue weighted by atomic mass is 9.85. The SMILES string of the molecule is N#Cc1cc(OCc2ccc(C#Cc3ccc(C(F)C(O)(c4ccc(F)cc4F)C(F)n4cnnn4)nc3)cc2)ccc1F. The third kappa shape index (κ3) is 6.23. The van der Waals surface area contributed by atoms with E-state index in [0.29, 0.717) is 27.6 Å². The number of rotatable bonds is 8. The van der Waals surface area contributed by atoms with E-state index in [1.165, 1.54) is 24.4 Å². The molecule has 2 heterocycles. The number of halogens is 5. The number of hydrogen-bond acceptors (Lipinski definition) is 7. The smallest absolute Gasteiger partial charge is 0.231 e. The van der Waals surface area contributed by atoms with Crippen molar-refractivity contribution in [3.05, 3.63) is 136 Å². The Hall–Kier alpha value is -5.66. The second-order valence-electron chi connectivity index (χ2n) is 9.40. The number of benzene rings is 3. The second kappa shape index (κ2) is 12.7. The lowest BCUT2D eigenvalue weighted by Gasteiger charge is -2.34. The average Bonchev–Trinajstić information content (AvgIpc) is 3.58. The number of aromatic nitrogens is 5. The fourth-order valence-corrected chi connectivity index (χ4v) is 4.20. The van der Waals surface area contributed by atoms with E-state index in [1.807, 2.05) is 0 Å². The van der Waals surface area contributed by atoms with Gasteiger partial charge in [-0.05, 0) is 64.5 Å². The predicted molar refractivity (Wildman–Crippen MR) is 144 cm³/mol. The fraction of sp³-hybridized carbons (Fsp3) is 0.129. The molecule has 0 fully saturated rings. The van der Waals surface area contributed by atoms with Gasteiger partial charge in [-0.1, -0.05) is 24.0 Å². The van der Waals surface area contributed by atoms with Gasteiger partial charge < -0.3 is 9.84 Å². The van der Waals surface area contributed by atoms with E-state index in [0.717, 1.165) is 36.2 Å². The van der Waals surface area contributed by atoms with Crippen LogP contribution in [0.3, 0.4) is 0 Å². The van der Waals surface area contributed by atoms with Crippen molar-refractivity contribution in [1.82, 2.24) is 25.2 Å². The van der Waals surface area contributed by atoms with Crippen LogP contribution in [0.15, 0.2) is 85.3 Å². The van der Waals surface area contributed by atoms with Gasteiger partial charge in [0.2, 0.25) is 6.30 Å². The number of tetrazole rings is 1. The molecule has 13 heteroatoms. The molecule has 220 valence electrons. The maximum absolute atomic E-state index is 15.9. The van der Waals surface area contributed by atoms with E-state index in [-0.39, 0.29) is 12.2 Å². The first-order valence-corrected chi connectivity index (χ1v) is 12.8. The van der Waals surface area contributed by atoms with Gasteiger partial charge in [0.25, 0.3) is 0 Å². The number of nitriles is 1. The molecule has 1 N–H and O–H groups in total. The van der Waals surface area contributed by atoms with E-state index in [2.05, 4.69) is 32.4 Å². The molecular formula is C31H19F5N6O2. The van der Waals surface area contributed by atoms with Gasteiger partial charge in [-0.2, -0.15) is 9.94 Å². The molecule has 8 nitrogen and oxygen atoms in total. The van der Waals surface area contributed by atoms with Crippen LogP contribution in [-0.2, 0) is 12.2 Å². The predicted octanol–water partition coefficient (Wildman–Crippen LogP) is 5.40. The molecular weight excluding hydrogens is 583 g/mol. The van der Waals surface area contributed by atoms with E-state index < -0.39 is 46.8 Å². The van der Waals surface area contributed by atoms with Crippen molar-refractivity contribution in [3.8, 4) is 23.7 Å². The molecule has 3 unspecified atom stereocenters. The molecule has 0 amide bonds. The monoisotopic (exact) mass is 602 g/mol. The summed E-state index contributed by atoms with van der Waals surface area (Å²) < 4.78 is 79.1. The lowest BCUT2D eigenvalue weighted by Crippen LogP contribution is -2.40. The quantitative estimate of drug-likeness (QED) is 0.187. The molecule has 5 rings (SSSR count). The van der Waals surface area contributed by atoms with Gasteiger partial charge in [0.15, 0.2) is 11.8 Å². The third-order valence-corrected chi connectivity index (χ3v) is 6.52. The Balaban J connectivity index is 1.31. The average molecular weight is 603 g/mol. The van der Waals surface area contributed by atoms with Crippen LogP contribution in [0.4, 0.5) is 22.0 Å². The van der Waals surface area contributed by atoms with Crippen LogP contribution in [0.25, 0.3) is 0 Å². The highest BCUT2D eigenvalue weighted by atomic mass is 19.2. The maximum Gasteiger partial charge on any atom is 0.231 e. The summed E-state index contributed by atoms with van der Waals surface area (Å²) in [5.41, 5.74) is -2.90. The van der Waals surface area contributed by atoms with E-state index in [4.69, 9.17) is 10.00 Å². The minimum absolute atomic E-state index is 0.119. The zero-order valence-corrected chi connectivity index (χ0v) is 22.4. The summed E-state index contributed by atoms with van der Waals surface area (Å²) in [6.07, 6.45) is -3.39. The van der Waals surface area contributed by atoms with Gasteiger partial charge in [-0.25, -0.2) is 22.0 Å². The van der Waals surface area contributed by atoms with Crippen molar-refractivity contribution in [2.75, 3.05) is 0 Å². The standard InChI is InChI=1S/C31H19F5N6O2/c32-23-8-10-25(27(34)14-23)31(43,30(36)42-18-39-40-41-42)29(35)28-12-7-20(16-38-28)4-1-19-2-5-21(6-3-19)17-44-24-9-11-26(33)22(13-24)15-37/h2-3,5-14,16,18,29-30,43H,17H2. The summed E-state index contributed by atoms with van der Waals surface area (Å²) in [6.45, 7) is 0.168. The Kier molecular flexibility index (Phi) is 8.60. The Morgan fingerprint density at radius 2 is 1.66 bits per heavy atom. The molecule has 0 saturated carbocycles. The summed E-state index contributed by atoms with van der Waals surface area (Å²) in [5, 5.41) is 30.0. The van der Waals surface area contributed by atoms with Gasteiger partial charge in [-0.3, -0.25) is 4.98 Å². The molecule has 5 aromatic rings. The largest absolute Gasteiger partial charge is 0.489 e. The van der Waals surface area contributed by atoms with Crippen LogP contribution < -0.4 is 4.74 Å². The summed E-state index contributed by atoms with van der Waals surface area (Å²) in [6, 6.07) is 17.0.